The maximum atomic E-state index is 12.9. The first-order valence-corrected chi connectivity index (χ1v) is 13.0. The van der Waals surface area contributed by atoms with E-state index in [9.17, 15) is 18.5 Å². The molecule has 35 heavy (non-hydrogen) atoms. The number of piperidine rings is 1. The van der Waals surface area contributed by atoms with Crippen LogP contribution in [0.4, 0.5) is 11.5 Å². The number of nitrogens with zero attached hydrogens (tertiary/aromatic N) is 4. The van der Waals surface area contributed by atoms with Crippen molar-refractivity contribution in [2.24, 2.45) is 0 Å². The smallest absolute Gasteiger partial charge is 0.261 e. The number of anilines is 2. The summed E-state index contributed by atoms with van der Waals surface area (Å²) < 4.78 is 34.3. The number of pyridine rings is 1. The van der Waals surface area contributed by atoms with Crippen molar-refractivity contribution in [2.45, 2.75) is 29.7 Å². The zero-order valence-electron chi connectivity index (χ0n) is 19.2. The summed E-state index contributed by atoms with van der Waals surface area (Å²) in [6.45, 7) is 2.93. The number of nitriles is 1. The molecule has 1 aromatic carbocycles. The van der Waals surface area contributed by atoms with Gasteiger partial charge in [-0.05, 0) is 56.3 Å². The van der Waals surface area contributed by atoms with Crippen molar-refractivity contribution in [1.82, 2.24) is 24.4 Å². The highest BCUT2D eigenvalue weighted by atomic mass is 32.2. The molecule has 11 nitrogen and oxygen atoms in total. The molecule has 2 fully saturated rings. The van der Waals surface area contributed by atoms with Crippen LogP contribution < -0.4 is 16.2 Å². The number of aromatic nitrogens is 3. The number of nitrogens with one attached hydrogen (secondary N) is 3. The molecule has 0 saturated carbocycles. The van der Waals surface area contributed by atoms with Crippen LogP contribution in [-0.2, 0) is 20.3 Å². The Balaban J connectivity index is 1.49. The van der Waals surface area contributed by atoms with Crippen molar-refractivity contribution in [1.29, 1.82) is 5.26 Å². The van der Waals surface area contributed by atoms with Crippen LogP contribution in [0, 0.1) is 11.3 Å². The standard InChI is InChI=1S/C23H27N7O4S/c24-9-6-23(7-11-25-12-8-23)30-19-5-10-26-22(31)20(19)21(28-30)27-17-1-3-18(4-2-17)35(32,33)29-13-15-34-16-14-29/h1-5,10,25H,6-8,11-16H2,(H,26,31)(H,27,28). The number of fused-ring (bicyclic) bond motifs is 1. The molecule has 0 amide bonds. The fourth-order valence-electron chi connectivity index (χ4n) is 4.81. The SMILES string of the molecule is N#CCC1(n2nc(Nc3ccc(S(=O)(=O)N4CCOCC4)cc3)c3c(=O)[nH]ccc32)CCNCC1. The van der Waals surface area contributed by atoms with E-state index in [4.69, 9.17) is 9.84 Å². The molecule has 12 heteroatoms. The van der Waals surface area contributed by atoms with E-state index in [1.54, 1.807) is 36.5 Å². The van der Waals surface area contributed by atoms with Gasteiger partial charge in [0, 0.05) is 25.0 Å². The molecule has 5 rings (SSSR count). The second-order valence-electron chi connectivity index (χ2n) is 8.80. The number of sulfonamides is 1. The number of hydrogen-bond acceptors (Lipinski definition) is 8. The Hall–Kier alpha value is -3.24. The fourth-order valence-corrected chi connectivity index (χ4v) is 6.22. The van der Waals surface area contributed by atoms with Gasteiger partial charge in [0.2, 0.25) is 10.0 Å². The first-order valence-electron chi connectivity index (χ1n) is 11.6. The van der Waals surface area contributed by atoms with Crippen molar-refractivity contribution in [2.75, 3.05) is 44.7 Å². The van der Waals surface area contributed by atoms with Gasteiger partial charge in [-0.15, -0.1) is 0 Å². The zero-order chi connectivity index (χ0) is 24.5. The molecule has 0 bridgehead atoms. The van der Waals surface area contributed by atoms with Crippen LogP contribution in [0.1, 0.15) is 19.3 Å². The van der Waals surface area contributed by atoms with Crippen LogP contribution in [0.2, 0.25) is 0 Å². The second-order valence-corrected chi connectivity index (χ2v) is 10.7. The number of aromatic amines is 1. The van der Waals surface area contributed by atoms with Gasteiger partial charge in [-0.2, -0.15) is 14.7 Å². The molecule has 3 N–H and O–H groups in total. The number of H-pyrrole nitrogens is 1. The lowest BCUT2D eigenvalue weighted by atomic mass is 9.85. The number of hydrogen-bond donors (Lipinski definition) is 3. The van der Waals surface area contributed by atoms with Crippen molar-refractivity contribution in [3.8, 4) is 6.07 Å². The van der Waals surface area contributed by atoms with Crippen molar-refractivity contribution < 1.29 is 13.2 Å². The van der Waals surface area contributed by atoms with Gasteiger partial charge in [0.05, 0.1) is 41.7 Å². The molecule has 0 atom stereocenters. The van der Waals surface area contributed by atoms with E-state index in [2.05, 4.69) is 21.7 Å². The Kier molecular flexibility index (Phi) is 6.33. The van der Waals surface area contributed by atoms with E-state index in [0.717, 1.165) is 25.9 Å². The van der Waals surface area contributed by atoms with E-state index in [0.29, 0.717) is 48.7 Å². The van der Waals surface area contributed by atoms with Gasteiger partial charge >= 0.3 is 0 Å². The van der Waals surface area contributed by atoms with Gasteiger partial charge < -0.3 is 20.4 Å². The fraction of sp³-hybridized carbons (Fsp3) is 0.435. The Bertz CT molecular complexity index is 1410. The first-order chi connectivity index (χ1) is 16.9. The normalized spacial score (nSPS) is 18.8. The summed E-state index contributed by atoms with van der Waals surface area (Å²) in [6.07, 6.45) is 3.31. The minimum absolute atomic E-state index is 0.195. The molecule has 0 radical (unpaired) electrons. The van der Waals surface area contributed by atoms with Crippen molar-refractivity contribution >= 4 is 32.4 Å². The highest BCUT2D eigenvalue weighted by Gasteiger charge is 2.37. The highest BCUT2D eigenvalue weighted by Crippen LogP contribution is 2.35. The number of benzene rings is 1. The summed E-state index contributed by atoms with van der Waals surface area (Å²) in [7, 11) is -3.60. The van der Waals surface area contributed by atoms with Crippen LogP contribution >= 0.6 is 0 Å². The van der Waals surface area contributed by atoms with E-state index in [1.165, 1.54) is 4.31 Å². The van der Waals surface area contributed by atoms with Crippen molar-refractivity contribution in [3.63, 3.8) is 0 Å². The number of morpholine rings is 1. The molecule has 3 aromatic rings. The molecule has 2 aromatic heterocycles. The van der Waals surface area contributed by atoms with E-state index in [-0.39, 0.29) is 16.9 Å². The van der Waals surface area contributed by atoms with Crippen molar-refractivity contribution in [3.05, 3.63) is 46.9 Å². The maximum absolute atomic E-state index is 12.9. The molecule has 0 aliphatic carbocycles. The Morgan fingerprint density at radius 2 is 1.86 bits per heavy atom. The topological polar surface area (TPSA) is 145 Å². The number of ether oxygens (including phenoxy) is 1. The van der Waals surface area contributed by atoms with Crippen LogP contribution in [0.25, 0.3) is 10.9 Å². The van der Waals surface area contributed by atoms with Crippen LogP contribution in [0.15, 0.2) is 46.2 Å². The third kappa shape index (κ3) is 4.32. The molecule has 2 aliphatic heterocycles. The number of rotatable bonds is 6. The Labute approximate surface area is 202 Å². The lowest BCUT2D eigenvalue weighted by molar-refractivity contribution is 0.0730. The van der Waals surface area contributed by atoms with Gasteiger partial charge in [0.1, 0.15) is 5.39 Å². The lowest BCUT2D eigenvalue weighted by Gasteiger charge is -2.36. The molecule has 0 unspecified atom stereocenters. The predicted molar refractivity (Wildman–Crippen MR) is 130 cm³/mol. The third-order valence-electron chi connectivity index (χ3n) is 6.72. The Morgan fingerprint density at radius 1 is 1.14 bits per heavy atom. The first kappa shape index (κ1) is 23.5. The maximum Gasteiger partial charge on any atom is 0.261 e. The van der Waals surface area contributed by atoms with Gasteiger partial charge in [-0.25, -0.2) is 8.42 Å². The molecular weight excluding hydrogens is 470 g/mol. The van der Waals surface area contributed by atoms with Gasteiger partial charge in [0.25, 0.3) is 5.56 Å². The molecule has 2 aliphatic rings. The third-order valence-corrected chi connectivity index (χ3v) is 8.63. The summed E-state index contributed by atoms with van der Waals surface area (Å²) in [5.41, 5.74) is 0.450. The van der Waals surface area contributed by atoms with E-state index in [1.807, 2.05) is 4.68 Å². The zero-order valence-corrected chi connectivity index (χ0v) is 20.0. The minimum atomic E-state index is -3.60. The summed E-state index contributed by atoms with van der Waals surface area (Å²) >= 11 is 0. The van der Waals surface area contributed by atoms with Gasteiger partial charge in [-0.3, -0.25) is 9.48 Å². The molecular formula is C23H27N7O4S. The van der Waals surface area contributed by atoms with E-state index >= 15 is 0 Å². The molecule has 2 saturated heterocycles. The molecule has 4 heterocycles. The highest BCUT2D eigenvalue weighted by molar-refractivity contribution is 7.89. The summed E-state index contributed by atoms with van der Waals surface area (Å²) in [4.78, 5) is 15.7. The summed E-state index contributed by atoms with van der Waals surface area (Å²) in [6, 6.07) is 10.5. The monoisotopic (exact) mass is 497 g/mol. The average Bonchev–Trinajstić information content (AvgIpc) is 3.26. The van der Waals surface area contributed by atoms with E-state index < -0.39 is 15.6 Å². The van der Waals surface area contributed by atoms with Crippen LogP contribution in [-0.4, -0.2) is 66.9 Å². The summed E-state index contributed by atoms with van der Waals surface area (Å²) in [5.74, 6) is 0.362. The van der Waals surface area contributed by atoms with Gasteiger partial charge in [-0.1, -0.05) is 0 Å². The molecule has 184 valence electrons. The quantitative estimate of drug-likeness (QED) is 0.464. The van der Waals surface area contributed by atoms with Crippen LogP contribution in [0.3, 0.4) is 0 Å². The predicted octanol–water partition coefficient (Wildman–Crippen LogP) is 1.48. The average molecular weight is 498 g/mol. The lowest BCUT2D eigenvalue weighted by Crippen LogP contribution is -2.44. The second kappa shape index (κ2) is 9.43. The largest absolute Gasteiger partial charge is 0.379 e. The summed E-state index contributed by atoms with van der Waals surface area (Å²) in [5, 5.41) is 21.2. The Morgan fingerprint density at radius 3 is 2.54 bits per heavy atom. The minimum Gasteiger partial charge on any atom is -0.379 e. The molecule has 0 spiro atoms. The van der Waals surface area contributed by atoms with Crippen LogP contribution in [0.5, 0.6) is 0 Å². The van der Waals surface area contributed by atoms with Gasteiger partial charge in [0.15, 0.2) is 5.82 Å².